The first-order valence-corrected chi connectivity index (χ1v) is 6.05. The van der Waals surface area contributed by atoms with Crippen molar-refractivity contribution in [1.29, 1.82) is 0 Å². The molecule has 1 aromatic rings. The van der Waals surface area contributed by atoms with Crippen molar-refractivity contribution in [3.8, 4) is 0 Å². The molecule has 1 rings (SSSR count). The molecule has 0 fully saturated rings. The maximum Gasteiger partial charge on any atom is 0.224 e. The van der Waals surface area contributed by atoms with Gasteiger partial charge in [-0.15, -0.1) is 0 Å². The first kappa shape index (κ1) is 13.0. The smallest absolute Gasteiger partial charge is 0.224 e. The molecule has 0 radical (unpaired) electrons. The number of aromatic nitrogens is 2. The van der Waals surface area contributed by atoms with Crippen molar-refractivity contribution in [3.05, 3.63) is 11.2 Å². The highest BCUT2D eigenvalue weighted by molar-refractivity contribution is 6.32. The Bertz CT molecular complexity index is 330. The molecule has 0 saturated heterocycles. The van der Waals surface area contributed by atoms with Gasteiger partial charge in [-0.25, -0.2) is 4.98 Å². The molecule has 0 aliphatic carbocycles. The molecule has 16 heavy (non-hydrogen) atoms. The molecule has 4 nitrogen and oxygen atoms in total. The van der Waals surface area contributed by atoms with Crippen LogP contribution in [0, 0.1) is 0 Å². The van der Waals surface area contributed by atoms with Gasteiger partial charge in [-0.05, 0) is 13.3 Å². The van der Waals surface area contributed by atoms with E-state index < -0.39 is 0 Å². The molecule has 0 amide bonds. The minimum atomic E-state index is 0.606. The third-order valence-corrected chi connectivity index (χ3v) is 2.68. The maximum atomic E-state index is 6.11. The molecule has 0 aromatic carbocycles. The van der Waals surface area contributed by atoms with E-state index in [4.69, 9.17) is 11.6 Å². The van der Waals surface area contributed by atoms with E-state index in [9.17, 15) is 0 Å². The summed E-state index contributed by atoms with van der Waals surface area (Å²) in [4.78, 5) is 10.6. The van der Waals surface area contributed by atoms with Gasteiger partial charge in [0.1, 0.15) is 5.02 Å². The molecule has 1 heterocycles. The zero-order valence-corrected chi connectivity index (χ0v) is 10.9. The van der Waals surface area contributed by atoms with E-state index in [1.165, 1.54) is 0 Å². The SMILES string of the molecule is CCCCN(CC)c1nc(NC)ncc1Cl. The zero-order valence-electron chi connectivity index (χ0n) is 10.1. The number of anilines is 2. The number of rotatable bonds is 6. The van der Waals surface area contributed by atoms with Crippen molar-refractivity contribution in [2.24, 2.45) is 0 Å². The Kier molecular flexibility index (Phi) is 5.32. The largest absolute Gasteiger partial charge is 0.357 e. The predicted octanol–water partition coefficient (Wildman–Crippen LogP) is 2.80. The van der Waals surface area contributed by atoms with E-state index in [-0.39, 0.29) is 0 Å². The molecule has 0 saturated carbocycles. The highest BCUT2D eigenvalue weighted by Gasteiger charge is 2.11. The quantitative estimate of drug-likeness (QED) is 0.833. The molecular formula is C11H19ClN4. The van der Waals surface area contributed by atoms with Crippen molar-refractivity contribution in [1.82, 2.24) is 9.97 Å². The Morgan fingerprint density at radius 1 is 1.44 bits per heavy atom. The Morgan fingerprint density at radius 2 is 2.19 bits per heavy atom. The van der Waals surface area contributed by atoms with Crippen LogP contribution in [0.5, 0.6) is 0 Å². The Labute approximate surface area is 102 Å². The molecule has 90 valence electrons. The van der Waals surface area contributed by atoms with E-state index in [0.717, 1.165) is 31.7 Å². The van der Waals surface area contributed by atoms with E-state index in [1.807, 2.05) is 0 Å². The van der Waals surface area contributed by atoms with Crippen LogP contribution in [-0.2, 0) is 0 Å². The van der Waals surface area contributed by atoms with Gasteiger partial charge >= 0.3 is 0 Å². The monoisotopic (exact) mass is 242 g/mol. The van der Waals surface area contributed by atoms with Crippen LogP contribution in [-0.4, -0.2) is 30.1 Å². The fraction of sp³-hybridized carbons (Fsp3) is 0.636. The lowest BCUT2D eigenvalue weighted by molar-refractivity contribution is 0.723. The maximum absolute atomic E-state index is 6.11. The molecule has 5 heteroatoms. The Balaban J connectivity index is 2.89. The summed E-state index contributed by atoms with van der Waals surface area (Å²) in [5.41, 5.74) is 0. The molecule has 0 aliphatic heterocycles. The molecule has 0 unspecified atom stereocenters. The van der Waals surface area contributed by atoms with Crippen LogP contribution in [0.1, 0.15) is 26.7 Å². The van der Waals surface area contributed by atoms with E-state index >= 15 is 0 Å². The molecule has 0 atom stereocenters. The van der Waals surface area contributed by atoms with Gasteiger partial charge in [0.25, 0.3) is 0 Å². The minimum absolute atomic E-state index is 0.606. The second kappa shape index (κ2) is 6.53. The first-order valence-electron chi connectivity index (χ1n) is 5.68. The summed E-state index contributed by atoms with van der Waals surface area (Å²) >= 11 is 6.11. The van der Waals surface area contributed by atoms with Crippen molar-refractivity contribution < 1.29 is 0 Å². The molecule has 0 aliphatic rings. The second-order valence-electron chi connectivity index (χ2n) is 3.55. The van der Waals surface area contributed by atoms with Crippen molar-refractivity contribution in [3.63, 3.8) is 0 Å². The van der Waals surface area contributed by atoms with Crippen molar-refractivity contribution in [2.75, 3.05) is 30.4 Å². The van der Waals surface area contributed by atoms with Crippen LogP contribution in [0.3, 0.4) is 0 Å². The van der Waals surface area contributed by atoms with Crippen LogP contribution >= 0.6 is 11.6 Å². The molecule has 1 N–H and O–H groups in total. The minimum Gasteiger partial charge on any atom is -0.357 e. The lowest BCUT2D eigenvalue weighted by Crippen LogP contribution is -2.25. The summed E-state index contributed by atoms with van der Waals surface area (Å²) in [5.74, 6) is 1.42. The van der Waals surface area contributed by atoms with Gasteiger partial charge in [0.15, 0.2) is 5.82 Å². The van der Waals surface area contributed by atoms with Crippen LogP contribution in [0.2, 0.25) is 5.02 Å². The van der Waals surface area contributed by atoms with Crippen LogP contribution in [0.4, 0.5) is 11.8 Å². The number of hydrogen-bond acceptors (Lipinski definition) is 4. The average Bonchev–Trinajstić information content (AvgIpc) is 2.32. The van der Waals surface area contributed by atoms with Gasteiger partial charge < -0.3 is 10.2 Å². The predicted molar refractivity (Wildman–Crippen MR) is 69.4 cm³/mol. The van der Waals surface area contributed by atoms with Gasteiger partial charge in [0.05, 0.1) is 6.20 Å². The number of unbranched alkanes of at least 4 members (excludes halogenated alkanes) is 1. The number of nitrogens with zero attached hydrogens (tertiary/aromatic N) is 3. The highest BCUT2D eigenvalue weighted by atomic mass is 35.5. The topological polar surface area (TPSA) is 41.1 Å². The normalized spacial score (nSPS) is 10.2. The second-order valence-corrected chi connectivity index (χ2v) is 3.96. The lowest BCUT2D eigenvalue weighted by Gasteiger charge is -2.22. The highest BCUT2D eigenvalue weighted by Crippen LogP contribution is 2.23. The van der Waals surface area contributed by atoms with Crippen molar-refractivity contribution >= 4 is 23.4 Å². The van der Waals surface area contributed by atoms with Gasteiger partial charge in [-0.1, -0.05) is 24.9 Å². The average molecular weight is 243 g/mol. The third-order valence-electron chi connectivity index (χ3n) is 2.41. The Hall–Kier alpha value is -1.03. The van der Waals surface area contributed by atoms with Gasteiger partial charge in [0, 0.05) is 20.1 Å². The summed E-state index contributed by atoms with van der Waals surface area (Å²) in [7, 11) is 1.80. The van der Waals surface area contributed by atoms with E-state index in [0.29, 0.717) is 11.0 Å². The van der Waals surface area contributed by atoms with Crippen molar-refractivity contribution in [2.45, 2.75) is 26.7 Å². The fourth-order valence-electron chi connectivity index (χ4n) is 1.46. The number of halogens is 1. The summed E-state index contributed by atoms with van der Waals surface area (Å²) in [5, 5.41) is 3.53. The number of hydrogen-bond donors (Lipinski definition) is 1. The lowest BCUT2D eigenvalue weighted by atomic mass is 10.3. The molecule has 1 aromatic heterocycles. The summed E-state index contributed by atoms with van der Waals surface area (Å²) in [6.45, 7) is 6.16. The fourth-order valence-corrected chi connectivity index (χ4v) is 1.67. The first-order chi connectivity index (χ1) is 7.72. The van der Waals surface area contributed by atoms with Crippen LogP contribution in [0.15, 0.2) is 6.20 Å². The Morgan fingerprint density at radius 3 is 2.75 bits per heavy atom. The summed E-state index contributed by atoms with van der Waals surface area (Å²) < 4.78 is 0. The molecular weight excluding hydrogens is 224 g/mol. The van der Waals surface area contributed by atoms with Gasteiger partial charge in [0.2, 0.25) is 5.95 Å². The molecule has 0 bridgehead atoms. The third kappa shape index (κ3) is 3.23. The standard InChI is InChI=1S/C11H19ClN4/c1-4-6-7-16(5-2)10-9(12)8-14-11(13-3)15-10/h8H,4-7H2,1-3H3,(H,13,14,15). The van der Waals surface area contributed by atoms with Crippen LogP contribution < -0.4 is 10.2 Å². The zero-order chi connectivity index (χ0) is 12.0. The van der Waals surface area contributed by atoms with Crippen LogP contribution in [0.25, 0.3) is 0 Å². The summed E-state index contributed by atoms with van der Waals surface area (Å²) in [6, 6.07) is 0. The molecule has 0 spiro atoms. The van der Waals surface area contributed by atoms with E-state index in [2.05, 4.69) is 34.0 Å². The van der Waals surface area contributed by atoms with Gasteiger partial charge in [-0.3, -0.25) is 0 Å². The summed E-state index contributed by atoms with van der Waals surface area (Å²) in [6.07, 6.45) is 3.95. The van der Waals surface area contributed by atoms with Gasteiger partial charge in [-0.2, -0.15) is 4.98 Å². The number of nitrogens with one attached hydrogen (secondary N) is 1. The van der Waals surface area contributed by atoms with E-state index in [1.54, 1.807) is 13.2 Å².